The second kappa shape index (κ2) is 9.72. The summed E-state index contributed by atoms with van der Waals surface area (Å²) in [6.45, 7) is 2.16. The van der Waals surface area contributed by atoms with Crippen molar-refractivity contribution in [1.82, 2.24) is 0 Å². The highest BCUT2D eigenvalue weighted by atomic mass is 79.9. The molecule has 0 fully saturated rings. The number of hydrogen-bond acceptors (Lipinski definition) is 4. The number of aromatic hydroxyl groups is 1. The van der Waals surface area contributed by atoms with Crippen LogP contribution in [0.25, 0.3) is 0 Å². The monoisotopic (exact) mass is 596 g/mol. The lowest BCUT2D eigenvalue weighted by atomic mass is 9.90. The molecule has 0 radical (unpaired) electrons. The van der Waals surface area contributed by atoms with Crippen LogP contribution in [-0.4, -0.2) is 29.3 Å². The summed E-state index contributed by atoms with van der Waals surface area (Å²) in [5, 5.41) is 15.1. The molecule has 0 atom stereocenters. The number of para-hydroxylation sites is 1. The third-order valence-electron chi connectivity index (χ3n) is 5.28. The lowest BCUT2D eigenvalue weighted by Crippen LogP contribution is -2.50. The van der Waals surface area contributed by atoms with Crippen molar-refractivity contribution in [3.63, 3.8) is 0 Å². The van der Waals surface area contributed by atoms with Gasteiger partial charge in [0.25, 0.3) is 11.8 Å². The molecule has 3 aromatic rings. The van der Waals surface area contributed by atoms with Gasteiger partial charge in [0.2, 0.25) is 0 Å². The molecular weight excluding hydrogens is 581 g/mol. The third kappa shape index (κ3) is 5.29. The number of furan rings is 1. The summed E-state index contributed by atoms with van der Waals surface area (Å²) >= 11 is 3.03. The molecule has 14 heteroatoms. The van der Waals surface area contributed by atoms with Crippen molar-refractivity contribution in [1.29, 1.82) is 0 Å². The van der Waals surface area contributed by atoms with Gasteiger partial charge in [-0.25, -0.2) is 4.39 Å². The molecule has 2 aromatic carbocycles. The minimum atomic E-state index is -6.29. The van der Waals surface area contributed by atoms with Gasteiger partial charge < -0.3 is 20.2 Å². The fourth-order valence-corrected chi connectivity index (χ4v) is 3.78. The zero-order chi connectivity index (χ0) is 27.9. The van der Waals surface area contributed by atoms with Crippen LogP contribution in [0, 0.1) is 13.8 Å². The number of hydrogen-bond donors (Lipinski definition) is 3. The average molecular weight is 597 g/mol. The molecule has 0 spiro atoms. The Morgan fingerprint density at radius 3 is 1.92 bits per heavy atom. The Balaban J connectivity index is 1.92. The van der Waals surface area contributed by atoms with Crippen molar-refractivity contribution in [2.75, 3.05) is 10.6 Å². The lowest BCUT2D eigenvalue weighted by molar-refractivity contribution is -0.348. The van der Waals surface area contributed by atoms with Crippen LogP contribution < -0.4 is 10.6 Å². The van der Waals surface area contributed by atoms with E-state index in [2.05, 4.69) is 26.6 Å². The van der Waals surface area contributed by atoms with Crippen LogP contribution in [0.1, 0.15) is 37.6 Å². The Hall–Kier alpha value is -3.55. The van der Waals surface area contributed by atoms with Gasteiger partial charge in [-0.1, -0.05) is 18.2 Å². The molecule has 6 nitrogen and oxygen atoms in total. The number of nitrogens with one attached hydrogen (secondary N) is 2. The van der Waals surface area contributed by atoms with Crippen LogP contribution >= 0.6 is 15.9 Å². The van der Waals surface area contributed by atoms with E-state index in [1.165, 1.54) is 24.3 Å². The fourth-order valence-electron chi connectivity index (χ4n) is 3.48. The van der Waals surface area contributed by atoms with Crippen molar-refractivity contribution in [2.45, 2.75) is 31.9 Å². The number of anilines is 2. The molecule has 0 saturated carbocycles. The number of aryl methyl sites for hydroxylation is 2. The Morgan fingerprint density at radius 1 is 0.865 bits per heavy atom. The van der Waals surface area contributed by atoms with Gasteiger partial charge in [0.05, 0.1) is 11.3 Å². The Kier molecular flexibility index (Phi) is 7.37. The lowest BCUT2D eigenvalue weighted by Gasteiger charge is -2.31. The molecule has 2 amide bonds. The van der Waals surface area contributed by atoms with Crippen molar-refractivity contribution in [2.24, 2.45) is 0 Å². The molecule has 37 heavy (non-hydrogen) atoms. The molecule has 1 heterocycles. The fraction of sp³-hybridized carbons (Fsp3) is 0.217. The maximum Gasteiger partial charge on any atom is 0.435 e. The van der Waals surface area contributed by atoms with Crippen LogP contribution in [0.5, 0.6) is 5.75 Å². The van der Waals surface area contributed by atoms with E-state index in [0.29, 0.717) is 12.1 Å². The number of carbonyl (C=O) groups is 2. The minimum absolute atomic E-state index is 0.117. The molecule has 3 rings (SSSR count). The molecule has 0 unspecified atom stereocenters. The Bertz CT molecular complexity index is 1330. The highest BCUT2D eigenvalue weighted by molar-refractivity contribution is 9.10. The summed E-state index contributed by atoms with van der Waals surface area (Å²) in [4.78, 5) is 25.1. The van der Waals surface area contributed by atoms with Gasteiger partial charge in [-0.05, 0) is 65.2 Å². The minimum Gasteiger partial charge on any atom is -0.505 e. The van der Waals surface area contributed by atoms with Crippen LogP contribution in [-0.2, 0) is 5.67 Å². The predicted octanol–water partition coefficient (Wildman–Crippen LogP) is 7.16. The van der Waals surface area contributed by atoms with Gasteiger partial charge in [-0.15, -0.1) is 0 Å². The van der Waals surface area contributed by atoms with E-state index < -0.39 is 41.1 Å². The smallest absolute Gasteiger partial charge is 0.435 e. The largest absolute Gasteiger partial charge is 0.505 e. The molecular formula is C23H16BrF7N2O4. The topological polar surface area (TPSA) is 91.6 Å². The standard InChI is InChI=1S/C23H16BrF7N2O4/c1-10-8-12(21(25,22(26,27)28)23(29,30)31)9-11(2)17(10)33-19(35)13-4-3-5-14(18(13)34)32-20(36)15-6-7-16(24)37-15/h3-9,34H,1-2H3,(H,32,36)(H,33,35). The first-order valence-electron chi connectivity index (χ1n) is 10.1. The first kappa shape index (κ1) is 28.0. The second-order valence-corrected chi connectivity index (χ2v) is 8.63. The van der Waals surface area contributed by atoms with E-state index in [0.717, 1.165) is 19.9 Å². The van der Waals surface area contributed by atoms with E-state index in [9.17, 15) is 45.4 Å². The number of phenols is 1. The molecule has 3 N–H and O–H groups in total. The molecule has 0 aliphatic heterocycles. The summed E-state index contributed by atoms with van der Waals surface area (Å²) in [6, 6.07) is 7.18. The van der Waals surface area contributed by atoms with Gasteiger partial charge >= 0.3 is 18.0 Å². The summed E-state index contributed by atoms with van der Waals surface area (Å²) < 4.78 is 98.6. The van der Waals surface area contributed by atoms with Gasteiger partial charge in [0.1, 0.15) is 0 Å². The summed E-state index contributed by atoms with van der Waals surface area (Å²) in [7, 11) is 0. The van der Waals surface area contributed by atoms with E-state index in [1.807, 2.05) is 0 Å². The highest BCUT2D eigenvalue weighted by Gasteiger charge is 2.73. The van der Waals surface area contributed by atoms with Gasteiger partial charge in [0.15, 0.2) is 16.2 Å². The second-order valence-electron chi connectivity index (χ2n) is 7.85. The number of phenolic OH excluding ortho intramolecular Hbond substituents is 1. The van der Waals surface area contributed by atoms with Crippen LogP contribution in [0.2, 0.25) is 0 Å². The summed E-state index contributed by atoms with van der Waals surface area (Å²) in [6.07, 6.45) is -12.6. The first-order valence-corrected chi connectivity index (χ1v) is 10.9. The van der Waals surface area contributed by atoms with E-state index in [-0.39, 0.29) is 38.5 Å². The van der Waals surface area contributed by atoms with E-state index in [1.54, 1.807) is 0 Å². The molecule has 198 valence electrons. The maximum absolute atomic E-state index is 14.5. The zero-order valence-corrected chi connectivity index (χ0v) is 20.3. The average Bonchev–Trinajstić information content (AvgIpc) is 3.21. The molecule has 0 saturated heterocycles. The third-order valence-corrected chi connectivity index (χ3v) is 5.70. The number of alkyl halides is 7. The molecule has 1 aromatic heterocycles. The molecule has 0 aliphatic rings. The number of benzene rings is 2. The van der Waals surface area contributed by atoms with Crippen LogP contribution in [0.15, 0.2) is 51.6 Å². The first-order chi connectivity index (χ1) is 17.0. The zero-order valence-electron chi connectivity index (χ0n) is 18.7. The highest BCUT2D eigenvalue weighted by Crippen LogP contribution is 2.53. The number of carbonyl (C=O) groups excluding carboxylic acids is 2. The SMILES string of the molecule is Cc1cc(C(F)(C(F)(F)F)C(F)(F)F)cc(C)c1NC(=O)c1cccc(NC(=O)c2ccc(Br)o2)c1O. The van der Waals surface area contributed by atoms with Crippen molar-refractivity contribution in [3.8, 4) is 5.75 Å². The Morgan fingerprint density at radius 2 is 1.43 bits per heavy atom. The number of rotatable bonds is 5. The number of halogens is 8. The Labute approximate surface area is 212 Å². The number of amides is 2. The van der Waals surface area contributed by atoms with Gasteiger partial charge in [0, 0.05) is 11.3 Å². The van der Waals surface area contributed by atoms with E-state index >= 15 is 0 Å². The van der Waals surface area contributed by atoms with Crippen molar-refractivity contribution >= 4 is 39.1 Å². The van der Waals surface area contributed by atoms with Crippen LogP contribution in [0.4, 0.5) is 42.1 Å². The molecule has 0 bridgehead atoms. The van der Waals surface area contributed by atoms with Gasteiger partial charge in [-0.3, -0.25) is 9.59 Å². The van der Waals surface area contributed by atoms with E-state index in [4.69, 9.17) is 4.42 Å². The molecule has 0 aliphatic carbocycles. The predicted molar refractivity (Wildman–Crippen MR) is 121 cm³/mol. The summed E-state index contributed by atoms with van der Waals surface area (Å²) in [5.41, 5.74) is -8.70. The normalized spacial score (nSPS) is 12.4. The quantitative estimate of drug-likeness (QED) is 0.215. The maximum atomic E-state index is 14.5. The van der Waals surface area contributed by atoms with Crippen molar-refractivity contribution < 1.29 is 49.8 Å². The van der Waals surface area contributed by atoms with Crippen LogP contribution in [0.3, 0.4) is 0 Å². The van der Waals surface area contributed by atoms with Crippen molar-refractivity contribution in [3.05, 3.63) is 75.1 Å². The van der Waals surface area contributed by atoms with Gasteiger partial charge in [-0.2, -0.15) is 26.3 Å². The summed E-state index contributed by atoms with van der Waals surface area (Å²) in [5.74, 6) is -2.56.